The molecule has 1 aliphatic carbocycles. The van der Waals surface area contributed by atoms with Crippen molar-refractivity contribution >= 4 is 0 Å². The predicted octanol–water partition coefficient (Wildman–Crippen LogP) is 6.40. The molecule has 3 nitrogen and oxygen atoms in total. The minimum Gasteiger partial charge on any atom is -0.494 e. The first kappa shape index (κ1) is 19.9. The Hall–Kier alpha value is -1.90. The van der Waals surface area contributed by atoms with E-state index in [0.29, 0.717) is 0 Å². The van der Waals surface area contributed by atoms with E-state index in [2.05, 4.69) is 37.2 Å². The molecule has 0 spiro atoms. The minimum absolute atomic E-state index is 0.799. The standard InChI is InChI=1S/C24H34N2O/c1-3-5-7-8-16-27-22-13-11-20(12-14-22)24-25-18-21-17-19(9-6-4-2)10-15-23(21)26-24/h11-14,18-19H,3-10,15-17H2,1-2H3. The van der Waals surface area contributed by atoms with Gasteiger partial charge in [0.25, 0.3) is 0 Å². The Labute approximate surface area is 164 Å². The van der Waals surface area contributed by atoms with Gasteiger partial charge >= 0.3 is 0 Å². The highest BCUT2D eigenvalue weighted by Crippen LogP contribution is 2.29. The smallest absolute Gasteiger partial charge is 0.159 e. The van der Waals surface area contributed by atoms with Crippen molar-refractivity contribution in [3.05, 3.63) is 41.7 Å². The van der Waals surface area contributed by atoms with Gasteiger partial charge in [0.05, 0.1) is 6.61 Å². The molecular formula is C24H34N2O. The van der Waals surface area contributed by atoms with Gasteiger partial charge in [-0.2, -0.15) is 0 Å². The molecule has 0 bridgehead atoms. The summed E-state index contributed by atoms with van der Waals surface area (Å²) < 4.78 is 5.84. The molecule has 1 atom stereocenters. The van der Waals surface area contributed by atoms with E-state index in [1.165, 1.54) is 56.2 Å². The first-order chi connectivity index (χ1) is 13.3. The average Bonchev–Trinajstić information content (AvgIpc) is 2.72. The third-order valence-corrected chi connectivity index (χ3v) is 5.60. The molecule has 1 aromatic carbocycles. The molecule has 0 N–H and O–H groups in total. The Balaban J connectivity index is 1.57. The van der Waals surface area contributed by atoms with Crippen LogP contribution < -0.4 is 4.74 Å². The molecule has 1 aliphatic rings. The Morgan fingerprint density at radius 2 is 1.81 bits per heavy atom. The van der Waals surface area contributed by atoms with Crippen LogP contribution in [0.3, 0.4) is 0 Å². The number of rotatable bonds is 10. The molecule has 1 unspecified atom stereocenters. The van der Waals surface area contributed by atoms with Crippen LogP contribution in [0.2, 0.25) is 0 Å². The van der Waals surface area contributed by atoms with E-state index in [4.69, 9.17) is 9.72 Å². The average molecular weight is 367 g/mol. The molecule has 0 radical (unpaired) electrons. The van der Waals surface area contributed by atoms with E-state index >= 15 is 0 Å². The molecule has 0 fully saturated rings. The summed E-state index contributed by atoms with van der Waals surface area (Å²) in [6.07, 6.45) is 14.5. The van der Waals surface area contributed by atoms with Crippen molar-refractivity contribution in [2.75, 3.05) is 6.61 Å². The normalized spacial score (nSPS) is 16.1. The monoisotopic (exact) mass is 366 g/mol. The summed E-state index contributed by atoms with van der Waals surface area (Å²) >= 11 is 0. The van der Waals surface area contributed by atoms with Crippen LogP contribution in [0.25, 0.3) is 11.4 Å². The van der Waals surface area contributed by atoms with Crippen molar-refractivity contribution in [1.82, 2.24) is 9.97 Å². The highest BCUT2D eigenvalue weighted by Gasteiger charge is 2.20. The van der Waals surface area contributed by atoms with E-state index in [-0.39, 0.29) is 0 Å². The molecule has 1 heterocycles. The molecule has 3 heteroatoms. The van der Waals surface area contributed by atoms with Gasteiger partial charge in [0.2, 0.25) is 0 Å². The third kappa shape index (κ3) is 5.79. The Kier molecular flexibility index (Phi) is 7.67. The van der Waals surface area contributed by atoms with Crippen LogP contribution in [-0.4, -0.2) is 16.6 Å². The summed E-state index contributed by atoms with van der Waals surface area (Å²) in [5.74, 6) is 2.60. The molecule has 2 aromatic rings. The van der Waals surface area contributed by atoms with E-state index in [9.17, 15) is 0 Å². The second-order valence-corrected chi connectivity index (χ2v) is 7.85. The van der Waals surface area contributed by atoms with Gasteiger partial charge in [-0.15, -0.1) is 0 Å². The van der Waals surface area contributed by atoms with Gasteiger partial charge in [0.1, 0.15) is 5.75 Å². The largest absolute Gasteiger partial charge is 0.494 e. The van der Waals surface area contributed by atoms with Crippen molar-refractivity contribution < 1.29 is 4.74 Å². The maximum atomic E-state index is 5.84. The maximum Gasteiger partial charge on any atom is 0.159 e. The second-order valence-electron chi connectivity index (χ2n) is 7.85. The lowest BCUT2D eigenvalue weighted by atomic mass is 9.84. The van der Waals surface area contributed by atoms with E-state index in [1.54, 1.807) is 0 Å². The van der Waals surface area contributed by atoms with Crippen LogP contribution in [0.1, 0.15) is 76.5 Å². The predicted molar refractivity (Wildman–Crippen MR) is 112 cm³/mol. The third-order valence-electron chi connectivity index (χ3n) is 5.60. The number of ether oxygens (including phenoxy) is 1. The highest BCUT2D eigenvalue weighted by atomic mass is 16.5. The molecule has 0 saturated heterocycles. The summed E-state index contributed by atoms with van der Waals surface area (Å²) in [5.41, 5.74) is 3.69. The molecular weight excluding hydrogens is 332 g/mol. The molecule has 27 heavy (non-hydrogen) atoms. The van der Waals surface area contributed by atoms with Crippen molar-refractivity contribution in [2.24, 2.45) is 5.92 Å². The van der Waals surface area contributed by atoms with Crippen LogP contribution >= 0.6 is 0 Å². The van der Waals surface area contributed by atoms with Gasteiger partial charge in [0, 0.05) is 17.5 Å². The van der Waals surface area contributed by atoms with Gasteiger partial charge in [-0.1, -0.05) is 52.4 Å². The number of aryl methyl sites for hydroxylation is 1. The van der Waals surface area contributed by atoms with Crippen molar-refractivity contribution in [1.29, 1.82) is 0 Å². The van der Waals surface area contributed by atoms with Gasteiger partial charge in [-0.05, 0) is 61.4 Å². The van der Waals surface area contributed by atoms with E-state index < -0.39 is 0 Å². The van der Waals surface area contributed by atoms with Crippen LogP contribution in [-0.2, 0) is 12.8 Å². The maximum absolute atomic E-state index is 5.84. The summed E-state index contributed by atoms with van der Waals surface area (Å²) in [6, 6.07) is 8.24. The summed E-state index contributed by atoms with van der Waals surface area (Å²) in [5, 5.41) is 0. The molecule has 0 amide bonds. The van der Waals surface area contributed by atoms with Gasteiger partial charge < -0.3 is 4.74 Å². The number of unbranched alkanes of at least 4 members (excludes halogenated alkanes) is 4. The zero-order valence-corrected chi connectivity index (χ0v) is 17.0. The second kappa shape index (κ2) is 10.4. The lowest BCUT2D eigenvalue weighted by molar-refractivity contribution is 0.305. The lowest BCUT2D eigenvalue weighted by Crippen LogP contribution is -2.16. The van der Waals surface area contributed by atoms with E-state index in [0.717, 1.165) is 48.9 Å². The Morgan fingerprint density at radius 3 is 2.59 bits per heavy atom. The van der Waals surface area contributed by atoms with Gasteiger partial charge in [-0.25, -0.2) is 9.97 Å². The number of nitrogens with zero attached hydrogens (tertiary/aromatic N) is 2. The number of benzene rings is 1. The summed E-state index contributed by atoms with van der Waals surface area (Å²) in [7, 11) is 0. The number of aromatic nitrogens is 2. The Morgan fingerprint density at radius 1 is 1.00 bits per heavy atom. The summed E-state index contributed by atoms with van der Waals surface area (Å²) in [6.45, 7) is 5.30. The molecule has 1 aromatic heterocycles. The zero-order chi connectivity index (χ0) is 18.9. The SMILES string of the molecule is CCCCCCOc1ccc(-c2ncc3c(n2)CCC(CCCC)C3)cc1. The fraction of sp³-hybridized carbons (Fsp3) is 0.583. The molecule has 146 valence electrons. The molecule has 0 aliphatic heterocycles. The van der Waals surface area contributed by atoms with Crippen LogP contribution in [0, 0.1) is 5.92 Å². The van der Waals surface area contributed by atoms with Crippen molar-refractivity contribution in [3.8, 4) is 17.1 Å². The number of fused-ring (bicyclic) bond motifs is 1. The topological polar surface area (TPSA) is 35.0 Å². The summed E-state index contributed by atoms with van der Waals surface area (Å²) in [4.78, 5) is 9.52. The fourth-order valence-corrected chi connectivity index (χ4v) is 3.88. The highest BCUT2D eigenvalue weighted by molar-refractivity contribution is 5.56. The van der Waals surface area contributed by atoms with Crippen LogP contribution in [0.5, 0.6) is 5.75 Å². The van der Waals surface area contributed by atoms with Gasteiger partial charge in [0.15, 0.2) is 5.82 Å². The minimum atomic E-state index is 0.799. The Bertz CT molecular complexity index is 696. The van der Waals surface area contributed by atoms with Crippen molar-refractivity contribution in [3.63, 3.8) is 0 Å². The van der Waals surface area contributed by atoms with E-state index in [1.807, 2.05) is 12.1 Å². The number of hydrogen-bond acceptors (Lipinski definition) is 3. The lowest BCUT2D eigenvalue weighted by Gasteiger charge is -2.23. The van der Waals surface area contributed by atoms with Crippen molar-refractivity contribution in [2.45, 2.75) is 78.1 Å². The fourth-order valence-electron chi connectivity index (χ4n) is 3.88. The van der Waals surface area contributed by atoms with Crippen LogP contribution in [0.15, 0.2) is 30.5 Å². The van der Waals surface area contributed by atoms with Gasteiger partial charge in [-0.3, -0.25) is 0 Å². The molecule has 0 saturated carbocycles. The quantitative estimate of drug-likeness (QED) is 0.456. The zero-order valence-electron chi connectivity index (χ0n) is 17.0. The first-order valence-corrected chi connectivity index (χ1v) is 10.9. The number of hydrogen-bond donors (Lipinski definition) is 0. The molecule has 3 rings (SSSR count). The first-order valence-electron chi connectivity index (χ1n) is 10.9. The van der Waals surface area contributed by atoms with Crippen LogP contribution in [0.4, 0.5) is 0 Å².